The molecule has 4 heteroatoms. The maximum absolute atomic E-state index is 5.16. The summed E-state index contributed by atoms with van der Waals surface area (Å²) in [6.45, 7) is 4.26. The van der Waals surface area contributed by atoms with Gasteiger partial charge in [0.05, 0.1) is 12.6 Å². The van der Waals surface area contributed by atoms with Gasteiger partial charge in [0.1, 0.15) is 11.6 Å². The van der Waals surface area contributed by atoms with Crippen molar-refractivity contribution < 1.29 is 4.74 Å². The zero-order chi connectivity index (χ0) is 14.1. The zero-order valence-corrected chi connectivity index (χ0v) is 11.8. The third-order valence-corrected chi connectivity index (χ3v) is 3.32. The van der Waals surface area contributed by atoms with Crippen LogP contribution in [0.4, 0.5) is 0 Å². The summed E-state index contributed by atoms with van der Waals surface area (Å²) in [5.74, 6) is 2.07. The fourth-order valence-electron chi connectivity index (χ4n) is 2.11. The van der Waals surface area contributed by atoms with Crippen LogP contribution in [0.2, 0.25) is 0 Å². The lowest BCUT2D eigenvalue weighted by Gasteiger charge is -2.01. The van der Waals surface area contributed by atoms with E-state index < -0.39 is 0 Å². The molecule has 0 radical (unpaired) electrons. The summed E-state index contributed by atoms with van der Waals surface area (Å²) < 4.78 is 5.16. The van der Waals surface area contributed by atoms with Crippen LogP contribution < -0.4 is 4.74 Å². The number of ether oxygens (including phenoxy) is 1. The Morgan fingerprint density at radius 2 is 1.75 bits per heavy atom. The topological polar surface area (TPSA) is 50.8 Å². The summed E-state index contributed by atoms with van der Waals surface area (Å²) in [6, 6.07) is 11.9. The number of rotatable bonds is 3. The van der Waals surface area contributed by atoms with Gasteiger partial charge in [-0.25, -0.2) is 9.97 Å². The van der Waals surface area contributed by atoms with Crippen LogP contribution in [0.25, 0.3) is 22.6 Å². The first-order chi connectivity index (χ1) is 9.67. The Hall–Kier alpha value is -2.36. The Morgan fingerprint density at radius 3 is 2.40 bits per heavy atom. The van der Waals surface area contributed by atoms with Crippen molar-refractivity contribution in [3.63, 3.8) is 0 Å². The first kappa shape index (κ1) is 12.7. The lowest BCUT2D eigenvalue weighted by molar-refractivity contribution is 0.415. The predicted octanol–water partition coefficient (Wildman–Crippen LogP) is 3.76. The van der Waals surface area contributed by atoms with Gasteiger partial charge < -0.3 is 9.72 Å². The van der Waals surface area contributed by atoms with E-state index in [2.05, 4.69) is 28.8 Å². The van der Waals surface area contributed by atoms with Crippen molar-refractivity contribution in [2.24, 2.45) is 0 Å². The molecule has 3 aromatic rings. The number of fused-ring (bicyclic) bond motifs is 1. The number of hydrogen-bond donors (Lipinski definition) is 1. The van der Waals surface area contributed by atoms with Crippen LogP contribution in [0.5, 0.6) is 5.75 Å². The second-order valence-electron chi connectivity index (χ2n) is 5.08. The number of aromatic amines is 1. The molecule has 0 unspecified atom stereocenters. The molecule has 1 N–H and O–H groups in total. The molecule has 0 fully saturated rings. The third kappa shape index (κ3) is 2.25. The molecule has 102 valence electrons. The van der Waals surface area contributed by atoms with E-state index >= 15 is 0 Å². The SMILES string of the molecule is COc1ccc(-c2nc3nc(C(C)C)ccc3[nH]2)cc1. The van der Waals surface area contributed by atoms with Crippen molar-refractivity contribution in [1.82, 2.24) is 15.0 Å². The molecule has 0 atom stereocenters. The molecule has 0 amide bonds. The predicted molar refractivity (Wildman–Crippen MR) is 80.0 cm³/mol. The third-order valence-electron chi connectivity index (χ3n) is 3.32. The van der Waals surface area contributed by atoms with Gasteiger partial charge in [0.15, 0.2) is 5.65 Å². The summed E-state index contributed by atoms with van der Waals surface area (Å²) in [4.78, 5) is 12.5. The van der Waals surface area contributed by atoms with Crippen LogP contribution in [-0.2, 0) is 0 Å². The number of aromatic nitrogens is 3. The fourth-order valence-corrected chi connectivity index (χ4v) is 2.11. The summed E-state index contributed by atoms with van der Waals surface area (Å²) in [5, 5.41) is 0. The average Bonchev–Trinajstić information content (AvgIpc) is 2.90. The van der Waals surface area contributed by atoms with Gasteiger partial charge in [0.2, 0.25) is 0 Å². The van der Waals surface area contributed by atoms with Crippen LogP contribution in [0.1, 0.15) is 25.5 Å². The minimum Gasteiger partial charge on any atom is -0.497 e. The number of pyridine rings is 1. The highest BCUT2D eigenvalue weighted by atomic mass is 16.5. The molecule has 0 bridgehead atoms. The summed E-state index contributed by atoms with van der Waals surface area (Å²) in [6.07, 6.45) is 0. The number of nitrogens with one attached hydrogen (secondary N) is 1. The molecule has 0 aliphatic carbocycles. The minimum atomic E-state index is 0.403. The van der Waals surface area contributed by atoms with E-state index in [1.165, 1.54) is 0 Å². The van der Waals surface area contributed by atoms with E-state index in [0.717, 1.165) is 34.0 Å². The van der Waals surface area contributed by atoms with Crippen molar-refractivity contribution in [2.75, 3.05) is 7.11 Å². The Kier molecular flexibility index (Phi) is 3.14. The molecule has 0 aliphatic rings. The molecular formula is C16H17N3O. The summed E-state index contributed by atoms with van der Waals surface area (Å²) in [7, 11) is 1.66. The maximum atomic E-state index is 5.16. The van der Waals surface area contributed by atoms with Gasteiger partial charge >= 0.3 is 0 Å². The van der Waals surface area contributed by atoms with Gasteiger partial charge in [-0.2, -0.15) is 0 Å². The van der Waals surface area contributed by atoms with Crippen molar-refractivity contribution >= 4 is 11.2 Å². The molecule has 0 saturated heterocycles. The second-order valence-corrected chi connectivity index (χ2v) is 5.08. The number of H-pyrrole nitrogens is 1. The molecule has 20 heavy (non-hydrogen) atoms. The molecule has 0 spiro atoms. The Balaban J connectivity index is 2.03. The Bertz CT molecular complexity index is 729. The van der Waals surface area contributed by atoms with E-state index in [1.807, 2.05) is 36.4 Å². The van der Waals surface area contributed by atoms with Crippen molar-refractivity contribution in [1.29, 1.82) is 0 Å². The van der Waals surface area contributed by atoms with Crippen LogP contribution in [0.15, 0.2) is 36.4 Å². The molecule has 3 rings (SSSR count). The van der Waals surface area contributed by atoms with Gasteiger partial charge in [-0.1, -0.05) is 13.8 Å². The minimum absolute atomic E-state index is 0.403. The summed E-state index contributed by atoms with van der Waals surface area (Å²) in [5.41, 5.74) is 3.81. The Morgan fingerprint density at radius 1 is 1.00 bits per heavy atom. The van der Waals surface area contributed by atoms with Gasteiger partial charge in [-0.15, -0.1) is 0 Å². The quantitative estimate of drug-likeness (QED) is 0.786. The number of imidazole rings is 1. The fraction of sp³-hybridized carbons (Fsp3) is 0.250. The number of benzene rings is 1. The standard InChI is InChI=1S/C16H17N3O/c1-10(2)13-8-9-14-16(17-13)19-15(18-14)11-4-6-12(20-3)7-5-11/h4-10H,1-3H3,(H,17,18,19). The molecule has 4 nitrogen and oxygen atoms in total. The smallest absolute Gasteiger partial charge is 0.178 e. The monoisotopic (exact) mass is 267 g/mol. The Labute approximate surface area is 117 Å². The lowest BCUT2D eigenvalue weighted by atomic mass is 10.1. The zero-order valence-electron chi connectivity index (χ0n) is 11.8. The van der Waals surface area contributed by atoms with Gasteiger partial charge in [0.25, 0.3) is 0 Å². The summed E-state index contributed by atoms with van der Waals surface area (Å²) >= 11 is 0. The van der Waals surface area contributed by atoms with E-state index in [9.17, 15) is 0 Å². The van der Waals surface area contributed by atoms with Crippen LogP contribution in [-0.4, -0.2) is 22.1 Å². The first-order valence-corrected chi connectivity index (χ1v) is 6.68. The van der Waals surface area contributed by atoms with E-state index in [4.69, 9.17) is 4.74 Å². The van der Waals surface area contributed by atoms with Crippen LogP contribution >= 0.6 is 0 Å². The lowest BCUT2D eigenvalue weighted by Crippen LogP contribution is -1.91. The number of nitrogens with zero attached hydrogens (tertiary/aromatic N) is 2. The highest BCUT2D eigenvalue weighted by Crippen LogP contribution is 2.23. The molecule has 2 aromatic heterocycles. The number of hydrogen-bond acceptors (Lipinski definition) is 3. The van der Waals surface area contributed by atoms with Crippen LogP contribution in [0, 0.1) is 0 Å². The first-order valence-electron chi connectivity index (χ1n) is 6.68. The molecular weight excluding hydrogens is 250 g/mol. The van der Waals surface area contributed by atoms with Gasteiger partial charge in [-0.3, -0.25) is 0 Å². The van der Waals surface area contributed by atoms with Crippen LogP contribution in [0.3, 0.4) is 0 Å². The van der Waals surface area contributed by atoms with E-state index in [0.29, 0.717) is 5.92 Å². The number of methoxy groups -OCH3 is 1. The van der Waals surface area contributed by atoms with Crippen molar-refractivity contribution in [3.8, 4) is 17.1 Å². The second kappa shape index (κ2) is 4.96. The molecule has 2 heterocycles. The van der Waals surface area contributed by atoms with Crippen molar-refractivity contribution in [3.05, 3.63) is 42.1 Å². The van der Waals surface area contributed by atoms with E-state index in [-0.39, 0.29) is 0 Å². The molecule has 0 saturated carbocycles. The maximum Gasteiger partial charge on any atom is 0.178 e. The normalized spacial score (nSPS) is 11.2. The molecule has 0 aliphatic heterocycles. The van der Waals surface area contributed by atoms with Gasteiger partial charge in [-0.05, 0) is 42.3 Å². The highest BCUT2D eigenvalue weighted by Gasteiger charge is 2.08. The van der Waals surface area contributed by atoms with E-state index in [1.54, 1.807) is 7.11 Å². The average molecular weight is 267 g/mol. The van der Waals surface area contributed by atoms with Crippen molar-refractivity contribution in [2.45, 2.75) is 19.8 Å². The van der Waals surface area contributed by atoms with Gasteiger partial charge in [0, 0.05) is 11.3 Å². The highest BCUT2D eigenvalue weighted by molar-refractivity contribution is 5.76. The molecule has 1 aromatic carbocycles. The largest absolute Gasteiger partial charge is 0.497 e.